The highest BCUT2D eigenvalue weighted by atomic mass is 16.3. The highest BCUT2D eigenvalue weighted by Crippen LogP contribution is 2.26. The molecule has 0 aliphatic heterocycles. The standard InChI is InChI=1S/C14H14O/c1-10(2)12-8-7-11(9-15)13-5-3-4-6-14(12)13/h3-8,15H,1,9H2,2H3. The molecule has 1 heteroatoms. The Kier molecular flexibility index (Phi) is 2.57. The predicted molar refractivity (Wildman–Crippen MR) is 64.6 cm³/mol. The SMILES string of the molecule is C=C(C)c1ccc(CO)c2ccccc12. The maximum absolute atomic E-state index is 9.24. The highest BCUT2D eigenvalue weighted by Gasteiger charge is 2.04. The summed E-state index contributed by atoms with van der Waals surface area (Å²) < 4.78 is 0. The molecule has 1 N–H and O–H groups in total. The summed E-state index contributed by atoms with van der Waals surface area (Å²) in [5.41, 5.74) is 3.18. The largest absolute Gasteiger partial charge is 0.392 e. The lowest BCUT2D eigenvalue weighted by Crippen LogP contribution is -1.89. The maximum atomic E-state index is 9.24. The van der Waals surface area contributed by atoms with E-state index in [4.69, 9.17) is 0 Å². The van der Waals surface area contributed by atoms with Gasteiger partial charge in [-0.15, -0.1) is 0 Å². The molecule has 0 saturated carbocycles. The van der Waals surface area contributed by atoms with E-state index in [1.54, 1.807) is 0 Å². The van der Waals surface area contributed by atoms with Crippen molar-refractivity contribution >= 4 is 16.3 Å². The number of allylic oxidation sites excluding steroid dienone is 1. The number of aliphatic hydroxyl groups is 1. The third-order valence-electron chi connectivity index (χ3n) is 2.64. The monoisotopic (exact) mass is 198 g/mol. The van der Waals surface area contributed by atoms with Crippen molar-refractivity contribution in [2.75, 3.05) is 0 Å². The van der Waals surface area contributed by atoms with Crippen LogP contribution >= 0.6 is 0 Å². The van der Waals surface area contributed by atoms with Crippen LogP contribution in [0.2, 0.25) is 0 Å². The van der Waals surface area contributed by atoms with Gasteiger partial charge in [-0.25, -0.2) is 0 Å². The Balaban J connectivity index is 2.83. The van der Waals surface area contributed by atoms with Gasteiger partial charge >= 0.3 is 0 Å². The maximum Gasteiger partial charge on any atom is 0.0687 e. The van der Waals surface area contributed by atoms with E-state index >= 15 is 0 Å². The lowest BCUT2D eigenvalue weighted by molar-refractivity contribution is 0.283. The van der Waals surface area contributed by atoms with Gasteiger partial charge < -0.3 is 5.11 Å². The van der Waals surface area contributed by atoms with Crippen LogP contribution in [-0.2, 0) is 6.61 Å². The molecule has 0 amide bonds. The van der Waals surface area contributed by atoms with Gasteiger partial charge in [0.25, 0.3) is 0 Å². The van der Waals surface area contributed by atoms with E-state index in [0.717, 1.165) is 27.5 Å². The van der Waals surface area contributed by atoms with Gasteiger partial charge in [-0.2, -0.15) is 0 Å². The highest BCUT2D eigenvalue weighted by molar-refractivity contribution is 5.95. The van der Waals surface area contributed by atoms with Crippen LogP contribution in [0.5, 0.6) is 0 Å². The van der Waals surface area contributed by atoms with E-state index in [9.17, 15) is 5.11 Å². The number of rotatable bonds is 2. The van der Waals surface area contributed by atoms with Gasteiger partial charge in [0.1, 0.15) is 0 Å². The third kappa shape index (κ3) is 1.66. The lowest BCUT2D eigenvalue weighted by atomic mass is 9.96. The molecule has 0 atom stereocenters. The van der Waals surface area contributed by atoms with Crippen LogP contribution in [0.3, 0.4) is 0 Å². The Bertz CT molecular complexity index is 512. The minimum Gasteiger partial charge on any atom is -0.392 e. The van der Waals surface area contributed by atoms with Crippen molar-refractivity contribution in [3.05, 3.63) is 54.1 Å². The predicted octanol–water partition coefficient (Wildman–Crippen LogP) is 3.37. The molecule has 0 unspecified atom stereocenters. The molecular weight excluding hydrogens is 184 g/mol. The molecule has 76 valence electrons. The fraction of sp³-hybridized carbons (Fsp3) is 0.143. The molecule has 0 aliphatic rings. The molecule has 15 heavy (non-hydrogen) atoms. The summed E-state index contributed by atoms with van der Waals surface area (Å²) in [7, 11) is 0. The van der Waals surface area contributed by atoms with E-state index in [1.807, 2.05) is 37.3 Å². The zero-order chi connectivity index (χ0) is 10.8. The second-order valence-electron chi connectivity index (χ2n) is 3.76. The Hall–Kier alpha value is -1.60. The van der Waals surface area contributed by atoms with Crippen molar-refractivity contribution in [2.24, 2.45) is 0 Å². The molecule has 0 saturated heterocycles. The first-order valence-corrected chi connectivity index (χ1v) is 5.01. The minimum atomic E-state index is 0.0803. The molecule has 0 aromatic heterocycles. The molecule has 0 aliphatic carbocycles. The summed E-state index contributed by atoms with van der Waals surface area (Å²) in [6.45, 7) is 6.05. The van der Waals surface area contributed by atoms with E-state index in [-0.39, 0.29) is 6.61 Å². The van der Waals surface area contributed by atoms with Gasteiger partial charge in [-0.3, -0.25) is 0 Å². The van der Waals surface area contributed by atoms with Crippen molar-refractivity contribution < 1.29 is 5.11 Å². The van der Waals surface area contributed by atoms with Crippen molar-refractivity contribution in [1.82, 2.24) is 0 Å². The van der Waals surface area contributed by atoms with Crippen LogP contribution in [-0.4, -0.2) is 5.11 Å². The molecule has 1 nitrogen and oxygen atoms in total. The van der Waals surface area contributed by atoms with Crippen molar-refractivity contribution in [1.29, 1.82) is 0 Å². The van der Waals surface area contributed by atoms with Crippen LogP contribution in [0.25, 0.3) is 16.3 Å². The van der Waals surface area contributed by atoms with Crippen molar-refractivity contribution in [3.63, 3.8) is 0 Å². The van der Waals surface area contributed by atoms with E-state index in [0.29, 0.717) is 0 Å². The van der Waals surface area contributed by atoms with Gasteiger partial charge in [-0.1, -0.05) is 48.6 Å². The van der Waals surface area contributed by atoms with Gasteiger partial charge in [0.2, 0.25) is 0 Å². The third-order valence-corrected chi connectivity index (χ3v) is 2.64. The van der Waals surface area contributed by atoms with Crippen LogP contribution in [0.1, 0.15) is 18.1 Å². The molecule has 2 aromatic rings. The first-order valence-electron chi connectivity index (χ1n) is 5.01. The normalized spacial score (nSPS) is 10.5. The second kappa shape index (κ2) is 3.87. The van der Waals surface area contributed by atoms with Crippen LogP contribution in [0.4, 0.5) is 0 Å². The molecule has 0 radical (unpaired) electrons. The summed E-state index contributed by atoms with van der Waals surface area (Å²) in [4.78, 5) is 0. The molecule has 2 aromatic carbocycles. The molecule has 0 bridgehead atoms. The van der Waals surface area contributed by atoms with Gasteiger partial charge in [0.15, 0.2) is 0 Å². The quantitative estimate of drug-likeness (QED) is 0.784. The summed E-state index contributed by atoms with van der Waals surface area (Å²) in [6, 6.07) is 12.1. The first-order chi connectivity index (χ1) is 7.24. The Morgan fingerprint density at radius 1 is 1.13 bits per heavy atom. The Labute approximate surface area is 89.7 Å². The lowest BCUT2D eigenvalue weighted by Gasteiger charge is -2.09. The van der Waals surface area contributed by atoms with Gasteiger partial charge in [0, 0.05) is 0 Å². The summed E-state index contributed by atoms with van der Waals surface area (Å²) >= 11 is 0. The fourth-order valence-electron chi connectivity index (χ4n) is 1.87. The van der Waals surface area contributed by atoms with Crippen LogP contribution < -0.4 is 0 Å². The molecular formula is C14H14O. The van der Waals surface area contributed by atoms with Crippen LogP contribution in [0.15, 0.2) is 43.0 Å². The minimum absolute atomic E-state index is 0.0803. The molecule has 2 rings (SSSR count). The zero-order valence-corrected chi connectivity index (χ0v) is 8.83. The first kappa shape index (κ1) is 9.94. The number of hydrogen-bond donors (Lipinski definition) is 1. The van der Waals surface area contributed by atoms with Crippen molar-refractivity contribution in [3.8, 4) is 0 Å². The Morgan fingerprint density at radius 2 is 1.80 bits per heavy atom. The van der Waals surface area contributed by atoms with E-state index < -0.39 is 0 Å². The number of fused-ring (bicyclic) bond motifs is 1. The number of hydrogen-bond acceptors (Lipinski definition) is 1. The number of benzene rings is 2. The Morgan fingerprint density at radius 3 is 2.40 bits per heavy atom. The smallest absolute Gasteiger partial charge is 0.0687 e. The topological polar surface area (TPSA) is 20.2 Å². The average Bonchev–Trinajstić information content (AvgIpc) is 2.27. The van der Waals surface area contributed by atoms with Crippen molar-refractivity contribution in [2.45, 2.75) is 13.5 Å². The van der Waals surface area contributed by atoms with Gasteiger partial charge in [0.05, 0.1) is 6.61 Å². The summed E-state index contributed by atoms with van der Waals surface area (Å²) in [5.74, 6) is 0. The molecule has 0 spiro atoms. The van der Waals surface area contributed by atoms with Crippen LogP contribution in [0, 0.1) is 0 Å². The van der Waals surface area contributed by atoms with E-state index in [2.05, 4.69) is 12.6 Å². The van der Waals surface area contributed by atoms with E-state index in [1.165, 1.54) is 0 Å². The summed E-state index contributed by atoms with van der Waals surface area (Å²) in [6.07, 6.45) is 0. The fourth-order valence-corrected chi connectivity index (χ4v) is 1.87. The van der Waals surface area contributed by atoms with Gasteiger partial charge in [-0.05, 0) is 28.8 Å². The second-order valence-corrected chi connectivity index (χ2v) is 3.76. The summed E-state index contributed by atoms with van der Waals surface area (Å²) in [5, 5.41) is 11.5. The molecule has 0 heterocycles. The molecule has 0 fully saturated rings. The number of aliphatic hydroxyl groups excluding tert-OH is 1. The zero-order valence-electron chi connectivity index (χ0n) is 8.83. The average molecular weight is 198 g/mol.